The first kappa shape index (κ1) is 31.1. The minimum absolute atomic E-state index is 0.0961. The van der Waals surface area contributed by atoms with Crippen LogP contribution in [0.5, 0.6) is 0 Å². The molecular weight excluding hydrogens is 519 g/mol. The van der Waals surface area contributed by atoms with Crippen LogP contribution in [0.25, 0.3) is 0 Å². The van der Waals surface area contributed by atoms with E-state index in [-0.39, 0.29) is 29.2 Å². The summed E-state index contributed by atoms with van der Waals surface area (Å²) in [6, 6.07) is 4.36. The van der Waals surface area contributed by atoms with Crippen molar-refractivity contribution in [3.63, 3.8) is 0 Å². The third kappa shape index (κ3) is 8.29. The molecule has 2 aliphatic heterocycles. The molecule has 9 heteroatoms. The summed E-state index contributed by atoms with van der Waals surface area (Å²) in [5, 5.41) is 0.331. The fourth-order valence-corrected chi connectivity index (χ4v) is 5.23. The summed E-state index contributed by atoms with van der Waals surface area (Å²) in [7, 11) is 4.01. The average molecular weight is 563 g/mol. The SMILES string of the molecule is CC=C1C(=CC(C)c2ccc(Cl)cc2F)C(=O)N2CCN(C(=O)CC(C)(C)C)CC2COCN1CCN(C)C. The number of allylic oxidation sites excluding steroid dienone is 2. The number of likely N-dealkylation sites (N-methyl/N-ethyl adjacent to an activating group) is 1. The van der Waals surface area contributed by atoms with Crippen LogP contribution in [-0.2, 0) is 14.3 Å². The van der Waals surface area contributed by atoms with Crippen LogP contribution in [0.4, 0.5) is 4.39 Å². The molecule has 2 atom stereocenters. The van der Waals surface area contributed by atoms with E-state index in [1.54, 1.807) is 12.1 Å². The van der Waals surface area contributed by atoms with Gasteiger partial charge in [-0.1, -0.05) is 57.5 Å². The Morgan fingerprint density at radius 2 is 2.00 bits per heavy atom. The first-order valence-corrected chi connectivity index (χ1v) is 14.1. The molecule has 0 spiro atoms. The molecule has 7 nitrogen and oxygen atoms in total. The maximum absolute atomic E-state index is 14.8. The molecular formula is C30H44ClFN4O3. The molecule has 2 heterocycles. The molecule has 0 saturated carbocycles. The Bertz CT molecular complexity index is 1100. The number of hydrogen-bond donors (Lipinski definition) is 0. The van der Waals surface area contributed by atoms with Crippen LogP contribution in [0.1, 0.15) is 52.5 Å². The molecule has 2 fully saturated rings. The summed E-state index contributed by atoms with van der Waals surface area (Å²) in [6.45, 7) is 13.3. The zero-order valence-corrected chi connectivity index (χ0v) is 25.2. The molecule has 216 valence electrons. The van der Waals surface area contributed by atoms with Crippen molar-refractivity contribution in [1.82, 2.24) is 19.6 Å². The zero-order valence-electron chi connectivity index (χ0n) is 24.5. The van der Waals surface area contributed by atoms with E-state index in [4.69, 9.17) is 16.3 Å². The Balaban J connectivity index is 1.99. The highest BCUT2D eigenvalue weighted by Gasteiger charge is 2.37. The van der Waals surface area contributed by atoms with Gasteiger partial charge >= 0.3 is 0 Å². The Morgan fingerprint density at radius 1 is 1.28 bits per heavy atom. The second-order valence-corrected chi connectivity index (χ2v) is 12.4. The lowest BCUT2D eigenvalue weighted by molar-refractivity contribution is -0.143. The molecule has 1 aromatic rings. The molecule has 2 amide bonds. The van der Waals surface area contributed by atoms with Gasteiger partial charge in [-0.3, -0.25) is 9.59 Å². The van der Waals surface area contributed by atoms with Gasteiger partial charge in [-0.05, 0) is 44.1 Å². The van der Waals surface area contributed by atoms with Gasteiger partial charge in [-0.15, -0.1) is 0 Å². The zero-order chi connectivity index (χ0) is 28.9. The number of fused-ring (bicyclic) bond motifs is 1. The third-order valence-corrected chi connectivity index (χ3v) is 7.38. The van der Waals surface area contributed by atoms with Gasteiger partial charge in [0.1, 0.15) is 12.5 Å². The lowest BCUT2D eigenvalue weighted by Gasteiger charge is -2.42. The predicted octanol–water partition coefficient (Wildman–Crippen LogP) is 4.74. The quantitative estimate of drug-likeness (QED) is 0.469. The Morgan fingerprint density at radius 3 is 2.62 bits per heavy atom. The van der Waals surface area contributed by atoms with E-state index in [1.165, 1.54) is 6.07 Å². The number of piperazine rings is 1. The van der Waals surface area contributed by atoms with Gasteiger partial charge in [0.15, 0.2) is 0 Å². The first-order chi connectivity index (χ1) is 18.3. The van der Waals surface area contributed by atoms with Gasteiger partial charge in [0.05, 0.1) is 18.2 Å². The Hall–Kier alpha value is -2.42. The van der Waals surface area contributed by atoms with Gasteiger partial charge in [0, 0.05) is 55.8 Å². The minimum atomic E-state index is -0.402. The monoisotopic (exact) mass is 562 g/mol. The van der Waals surface area contributed by atoms with Gasteiger partial charge in [-0.25, -0.2) is 4.39 Å². The molecule has 1 aromatic carbocycles. The van der Waals surface area contributed by atoms with Crippen molar-refractivity contribution in [3.8, 4) is 0 Å². The van der Waals surface area contributed by atoms with Crippen molar-refractivity contribution in [2.24, 2.45) is 5.41 Å². The maximum Gasteiger partial charge on any atom is 0.256 e. The second-order valence-electron chi connectivity index (χ2n) is 12.0. The number of rotatable bonds is 6. The predicted molar refractivity (Wildman–Crippen MR) is 154 cm³/mol. The number of carbonyl (C=O) groups excluding carboxylic acids is 2. The van der Waals surface area contributed by atoms with Crippen LogP contribution in [0, 0.1) is 11.2 Å². The van der Waals surface area contributed by atoms with Gasteiger partial charge in [0.2, 0.25) is 5.91 Å². The minimum Gasteiger partial charge on any atom is -0.359 e. The Labute approximate surface area is 238 Å². The van der Waals surface area contributed by atoms with Crippen molar-refractivity contribution in [2.45, 2.75) is 53.0 Å². The molecule has 2 unspecified atom stereocenters. The fraction of sp³-hybridized carbons (Fsp3) is 0.600. The van der Waals surface area contributed by atoms with Crippen molar-refractivity contribution in [2.75, 3.05) is 60.2 Å². The smallest absolute Gasteiger partial charge is 0.256 e. The summed E-state index contributed by atoms with van der Waals surface area (Å²) in [5.74, 6) is -0.806. The lowest BCUT2D eigenvalue weighted by Crippen LogP contribution is -2.58. The molecule has 0 bridgehead atoms. The summed E-state index contributed by atoms with van der Waals surface area (Å²) >= 11 is 5.99. The lowest BCUT2D eigenvalue weighted by atomic mass is 9.91. The van der Waals surface area contributed by atoms with Gasteiger partial charge in [0.25, 0.3) is 5.91 Å². The molecule has 2 saturated heterocycles. The van der Waals surface area contributed by atoms with Crippen LogP contribution < -0.4 is 0 Å². The maximum atomic E-state index is 14.8. The summed E-state index contributed by atoms with van der Waals surface area (Å²) in [5.41, 5.74) is 1.63. The number of amides is 2. The van der Waals surface area contributed by atoms with Crippen LogP contribution in [0.15, 0.2) is 41.6 Å². The van der Waals surface area contributed by atoms with Crippen LogP contribution in [0.2, 0.25) is 5.02 Å². The number of ether oxygens (including phenoxy) is 1. The van der Waals surface area contributed by atoms with E-state index in [0.29, 0.717) is 62.1 Å². The topological polar surface area (TPSA) is 56.3 Å². The number of halogens is 2. The number of hydrogen-bond acceptors (Lipinski definition) is 5. The molecule has 2 aliphatic rings. The highest BCUT2D eigenvalue weighted by atomic mass is 35.5. The van der Waals surface area contributed by atoms with E-state index in [9.17, 15) is 14.0 Å². The fourth-order valence-electron chi connectivity index (χ4n) is 5.07. The van der Waals surface area contributed by atoms with Crippen molar-refractivity contribution in [1.29, 1.82) is 0 Å². The van der Waals surface area contributed by atoms with Crippen LogP contribution >= 0.6 is 11.6 Å². The molecule has 0 radical (unpaired) electrons. The molecule has 0 N–H and O–H groups in total. The van der Waals surface area contributed by atoms with E-state index in [1.807, 2.05) is 49.9 Å². The summed E-state index contributed by atoms with van der Waals surface area (Å²) < 4.78 is 21.0. The summed E-state index contributed by atoms with van der Waals surface area (Å²) in [6.07, 6.45) is 4.23. The van der Waals surface area contributed by atoms with E-state index >= 15 is 0 Å². The second kappa shape index (κ2) is 13.3. The van der Waals surface area contributed by atoms with Crippen molar-refractivity contribution >= 4 is 23.4 Å². The largest absolute Gasteiger partial charge is 0.359 e. The highest BCUT2D eigenvalue weighted by Crippen LogP contribution is 2.30. The van der Waals surface area contributed by atoms with Gasteiger partial charge < -0.3 is 24.3 Å². The van der Waals surface area contributed by atoms with E-state index in [0.717, 1.165) is 12.2 Å². The Kier molecular flexibility index (Phi) is 10.6. The first-order valence-electron chi connectivity index (χ1n) is 13.7. The molecule has 0 aliphatic carbocycles. The standard InChI is InChI=1S/C30H44ClFN4O3/c1-8-27-25(15-21(2)24-10-9-22(31)16-26(24)32)29(38)36-14-13-34(28(37)17-30(3,4)5)18-23(36)19-39-20-35(27)12-11-33(6)7/h8-10,15-16,21,23H,11-14,17-20H2,1-7H3. The van der Waals surface area contributed by atoms with Gasteiger partial charge in [-0.2, -0.15) is 0 Å². The summed E-state index contributed by atoms with van der Waals surface area (Å²) in [4.78, 5) is 35.1. The van der Waals surface area contributed by atoms with Crippen molar-refractivity contribution in [3.05, 3.63) is 58.0 Å². The van der Waals surface area contributed by atoms with E-state index < -0.39 is 5.82 Å². The van der Waals surface area contributed by atoms with Crippen molar-refractivity contribution < 1.29 is 18.7 Å². The molecule has 3 rings (SSSR count). The van der Waals surface area contributed by atoms with Crippen LogP contribution in [-0.4, -0.2) is 97.6 Å². The molecule has 0 aromatic heterocycles. The molecule has 39 heavy (non-hydrogen) atoms. The number of benzene rings is 1. The normalized spacial score (nSPS) is 22.2. The average Bonchev–Trinajstić information content (AvgIpc) is 2.89. The van der Waals surface area contributed by atoms with E-state index in [2.05, 4.69) is 30.6 Å². The highest BCUT2D eigenvalue weighted by molar-refractivity contribution is 6.30. The number of carbonyl (C=O) groups is 2. The third-order valence-electron chi connectivity index (χ3n) is 7.14. The van der Waals surface area contributed by atoms with Crippen LogP contribution in [0.3, 0.4) is 0 Å². The number of nitrogens with zero attached hydrogens (tertiary/aromatic N) is 4.